The standard InChI is InChI=1S/C9H13N3O2S/c13-8-4-2-1-3-6(8)10-9(14)7-5-15-12-11-7/h5-6,8,13H,1-4H2,(H,10,14)/t6-,8-/m1/s1. The van der Waals surface area contributed by atoms with Crippen LogP contribution in [0.1, 0.15) is 36.2 Å². The highest BCUT2D eigenvalue weighted by molar-refractivity contribution is 7.03. The van der Waals surface area contributed by atoms with Crippen molar-refractivity contribution in [2.75, 3.05) is 0 Å². The summed E-state index contributed by atoms with van der Waals surface area (Å²) in [5.74, 6) is -0.241. The highest BCUT2D eigenvalue weighted by Crippen LogP contribution is 2.18. The third kappa shape index (κ3) is 2.51. The smallest absolute Gasteiger partial charge is 0.273 e. The summed E-state index contributed by atoms with van der Waals surface area (Å²) in [6, 6.07) is -0.132. The van der Waals surface area contributed by atoms with E-state index in [0.717, 1.165) is 37.2 Å². The van der Waals surface area contributed by atoms with Crippen LogP contribution in [0.2, 0.25) is 0 Å². The molecular formula is C9H13N3O2S. The highest BCUT2D eigenvalue weighted by Gasteiger charge is 2.25. The Hall–Kier alpha value is -1.01. The van der Waals surface area contributed by atoms with E-state index in [-0.39, 0.29) is 11.9 Å². The van der Waals surface area contributed by atoms with Gasteiger partial charge in [-0.15, -0.1) is 5.10 Å². The molecule has 1 heterocycles. The van der Waals surface area contributed by atoms with E-state index in [1.807, 2.05) is 0 Å². The van der Waals surface area contributed by atoms with E-state index in [4.69, 9.17) is 0 Å². The molecule has 0 aliphatic heterocycles. The number of hydrogen-bond acceptors (Lipinski definition) is 5. The van der Waals surface area contributed by atoms with Crippen LogP contribution in [-0.2, 0) is 0 Å². The molecule has 1 aliphatic rings. The topological polar surface area (TPSA) is 75.1 Å². The van der Waals surface area contributed by atoms with Gasteiger partial charge < -0.3 is 10.4 Å². The lowest BCUT2D eigenvalue weighted by atomic mass is 9.92. The summed E-state index contributed by atoms with van der Waals surface area (Å²) in [5, 5.41) is 17.7. The van der Waals surface area contributed by atoms with E-state index >= 15 is 0 Å². The van der Waals surface area contributed by atoms with Crippen molar-refractivity contribution < 1.29 is 9.90 Å². The summed E-state index contributed by atoms with van der Waals surface area (Å²) in [6.45, 7) is 0. The molecule has 0 radical (unpaired) electrons. The predicted molar refractivity (Wildman–Crippen MR) is 55.6 cm³/mol. The van der Waals surface area contributed by atoms with Gasteiger partial charge in [0, 0.05) is 5.38 Å². The van der Waals surface area contributed by atoms with Crippen molar-refractivity contribution in [3.05, 3.63) is 11.1 Å². The lowest BCUT2D eigenvalue weighted by Gasteiger charge is -2.27. The van der Waals surface area contributed by atoms with Crippen LogP contribution in [0.5, 0.6) is 0 Å². The van der Waals surface area contributed by atoms with E-state index in [9.17, 15) is 9.90 Å². The van der Waals surface area contributed by atoms with Gasteiger partial charge in [-0.25, -0.2) is 0 Å². The number of hydrogen-bond donors (Lipinski definition) is 2. The SMILES string of the molecule is O=C(N[C@@H]1CCCC[C@H]1O)c1csnn1. The number of nitrogens with zero attached hydrogens (tertiary/aromatic N) is 2. The van der Waals surface area contributed by atoms with Gasteiger partial charge in [-0.2, -0.15) is 0 Å². The molecular weight excluding hydrogens is 214 g/mol. The maximum atomic E-state index is 11.6. The van der Waals surface area contributed by atoms with Gasteiger partial charge in [0.25, 0.3) is 5.91 Å². The van der Waals surface area contributed by atoms with Crippen LogP contribution in [0.4, 0.5) is 0 Å². The summed E-state index contributed by atoms with van der Waals surface area (Å²) >= 11 is 1.15. The van der Waals surface area contributed by atoms with Crippen LogP contribution in [0.3, 0.4) is 0 Å². The number of carbonyl (C=O) groups is 1. The van der Waals surface area contributed by atoms with E-state index < -0.39 is 6.10 Å². The average Bonchev–Trinajstić information content (AvgIpc) is 2.74. The normalized spacial score (nSPS) is 26.2. The van der Waals surface area contributed by atoms with Crippen LogP contribution in [0.15, 0.2) is 5.38 Å². The quantitative estimate of drug-likeness (QED) is 0.774. The average molecular weight is 227 g/mol. The second-order valence-electron chi connectivity index (χ2n) is 3.72. The Balaban J connectivity index is 1.93. The Morgan fingerprint density at radius 2 is 2.33 bits per heavy atom. The molecule has 1 aromatic rings. The fourth-order valence-corrected chi connectivity index (χ4v) is 2.22. The minimum absolute atomic E-state index is 0.132. The monoisotopic (exact) mass is 227 g/mol. The third-order valence-electron chi connectivity index (χ3n) is 2.64. The molecule has 5 nitrogen and oxygen atoms in total. The molecule has 1 aliphatic carbocycles. The van der Waals surface area contributed by atoms with Crippen LogP contribution in [0, 0.1) is 0 Å². The van der Waals surface area contributed by atoms with Crippen molar-refractivity contribution in [3.8, 4) is 0 Å². The lowest BCUT2D eigenvalue weighted by Crippen LogP contribution is -2.45. The number of carbonyl (C=O) groups excluding carboxylic acids is 1. The molecule has 1 saturated carbocycles. The van der Waals surface area contributed by atoms with Gasteiger partial charge in [-0.3, -0.25) is 4.79 Å². The molecule has 0 spiro atoms. The van der Waals surface area contributed by atoms with Crippen molar-refractivity contribution in [2.45, 2.75) is 37.8 Å². The molecule has 0 saturated heterocycles. The van der Waals surface area contributed by atoms with E-state index in [2.05, 4.69) is 14.9 Å². The molecule has 6 heteroatoms. The van der Waals surface area contributed by atoms with Crippen LogP contribution >= 0.6 is 11.5 Å². The summed E-state index contributed by atoms with van der Waals surface area (Å²) in [6.07, 6.45) is 3.27. The zero-order valence-corrected chi connectivity index (χ0v) is 9.04. The maximum Gasteiger partial charge on any atom is 0.273 e. The number of aromatic nitrogens is 2. The molecule has 2 rings (SSSR count). The molecule has 0 bridgehead atoms. The van der Waals surface area contributed by atoms with Crippen molar-refractivity contribution >= 4 is 17.4 Å². The Labute approximate surface area is 91.7 Å². The van der Waals surface area contributed by atoms with Crippen molar-refractivity contribution in [1.29, 1.82) is 0 Å². The zero-order valence-electron chi connectivity index (χ0n) is 8.22. The van der Waals surface area contributed by atoms with Crippen LogP contribution < -0.4 is 5.32 Å². The molecule has 1 fully saturated rings. The second-order valence-corrected chi connectivity index (χ2v) is 4.33. The van der Waals surface area contributed by atoms with Gasteiger partial charge in [0.1, 0.15) is 0 Å². The fraction of sp³-hybridized carbons (Fsp3) is 0.667. The second kappa shape index (κ2) is 4.67. The molecule has 15 heavy (non-hydrogen) atoms. The van der Waals surface area contributed by atoms with Crippen LogP contribution in [-0.4, -0.2) is 32.7 Å². The van der Waals surface area contributed by atoms with Crippen molar-refractivity contribution in [3.63, 3.8) is 0 Å². The first-order valence-corrected chi connectivity index (χ1v) is 5.87. The molecule has 1 amide bonds. The first-order chi connectivity index (χ1) is 7.27. The Morgan fingerprint density at radius 3 is 3.00 bits per heavy atom. The van der Waals surface area contributed by atoms with Crippen LogP contribution in [0.25, 0.3) is 0 Å². The van der Waals surface area contributed by atoms with Gasteiger partial charge in [-0.1, -0.05) is 17.3 Å². The summed E-state index contributed by atoms with van der Waals surface area (Å²) in [7, 11) is 0. The number of amides is 1. The van der Waals surface area contributed by atoms with Gasteiger partial charge in [0.05, 0.1) is 12.1 Å². The van der Waals surface area contributed by atoms with E-state index in [0.29, 0.717) is 5.69 Å². The number of aliphatic hydroxyl groups is 1. The Morgan fingerprint density at radius 1 is 1.53 bits per heavy atom. The van der Waals surface area contributed by atoms with E-state index in [1.54, 1.807) is 5.38 Å². The van der Waals surface area contributed by atoms with Gasteiger partial charge in [0.15, 0.2) is 5.69 Å². The largest absolute Gasteiger partial charge is 0.391 e. The minimum atomic E-state index is -0.422. The maximum absolute atomic E-state index is 11.6. The summed E-state index contributed by atoms with van der Waals surface area (Å²) < 4.78 is 3.62. The first-order valence-electron chi connectivity index (χ1n) is 5.03. The minimum Gasteiger partial charge on any atom is -0.391 e. The lowest BCUT2D eigenvalue weighted by molar-refractivity contribution is 0.0714. The molecule has 1 aromatic heterocycles. The number of aliphatic hydroxyl groups excluding tert-OH is 1. The fourth-order valence-electron chi connectivity index (χ4n) is 1.79. The highest BCUT2D eigenvalue weighted by atomic mass is 32.1. The molecule has 82 valence electrons. The predicted octanol–water partition coefficient (Wildman–Crippen LogP) is 0.571. The van der Waals surface area contributed by atoms with Gasteiger partial charge >= 0.3 is 0 Å². The molecule has 2 atom stereocenters. The van der Waals surface area contributed by atoms with Gasteiger partial charge in [0.2, 0.25) is 0 Å². The summed E-state index contributed by atoms with van der Waals surface area (Å²) in [5.41, 5.74) is 0.331. The van der Waals surface area contributed by atoms with Crippen molar-refractivity contribution in [2.24, 2.45) is 0 Å². The molecule has 0 unspecified atom stereocenters. The number of nitrogens with one attached hydrogen (secondary N) is 1. The third-order valence-corrected chi connectivity index (χ3v) is 3.14. The van der Waals surface area contributed by atoms with E-state index in [1.165, 1.54) is 0 Å². The van der Waals surface area contributed by atoms with Crippen molar-refractivity contribution in [1.82, 2.24) is 14.9 Å². The zero-order chi connectivity index (χ0) is 10.7. The Bertz CT molecular complexity index is 328. The summed E-state index contributed by atoms with van der Waals surface area (Å²) in [4.78, 5) is 11.6. The van der Waals surface area contributed by atoms with Gasteiger partial charge in [-0.05, 0) is 24.4 Å². The number of rotatable bonds is 2. The molecule has 2 N–H and O–H groups in total. The first kappa shape index (κ1) is 10.5. The Kier molecular flexibility index (Phi) is 3.27. The molecule has 0 aromatic carbocycles.